The fraction of sp³-hybridized carbons (Fsp3) is 0.364. The van der Waals surface area contributed by atoms with Gasteiger partial charge in [0.1, 0.15) is 0 Å². The molecule has 0 aromatic heterocycles. The summed E-state index contributed by atoms with van der Waals surface area (Å²) in [6.45, 7) is 1.94. The van der Waals surface area contributed by atoms with E-state index >= 15 is 0 Å². The van der Waals surface area contributed by atoms with Gasteiger partial charge in [0.25, 0.3) is 0 Å². The predicted molar refractivity (Wildman–Crippen MR) is 58.4 cm³/mol. The summed E-state index contributed by atoms with van der Waals surface area (Å²) in [6, 6.07) is 9.44. The minimum atomic E-state index is -0.123. The van der Waals surface area contributed by atoms with Crippen LogP contribution in [0.5, 0.6) is 0 Å². The van der Waals surface area contributed by atoms with E-state index in [9.17, 15) is 4.79 Å². The number of carbonyl (C=O) groups excluding carboxylic acids is 1. The number of halogens is 1. The van der Waals surface area contributed by atoms with Gasteiger partial charge in [-0.15, -0.1) is 0 Å². The second kappa shape index (κ2) is 8.57. The van der Waals surface area contributed by atoms with Gasteiger partial charge in [-0.2, -0.15) is 0 Å². The van der Waals surface area contributed by atoms with Crippen LogP contribution in [0.4, 0.5) is 0 Å². The van der Waals surface area contributed by atoms with Gasteiger partial charge < -0.3 is 4.74 Å². The summed E-state index contributed by atoms with van der Waals surface area (Å²) in [5.41, 5.74) is 0. The van der Waals surface area contributed by atoms with Crippen LogP contribution in [0, 0.1) is 0 Å². The molecule has 0 aliphatic carbocycles. The van der Waals surface area contributed by atoms with Crippen LogP contribution in [0.2, 0.25) is 5.02 Å². The molecule has 3 heteroatoms. The molecular formula is C11H15ClO2. The van der Waals surface area contributed by atoms with E-state index in [1.54, 1.807) is 0 Å². The van der Waals surface area contributed by atoms with Crippen LogP contribution >= 0.6 is 11.6 Å². The van der Waals surface area contributed by atoms with Crippen molar-refractivity contribution in [1.29, 1.82) is 0 Å². The van der Waals surface area contributed by atoms with Gasteiger partial charge in [0.2, 0.25) is 0 Å². The average Bonchev–Trinajstić information content (AvgIpc) is 2.20. The first-order valence-electron chi connectivity index (χ1n) is 4.48. The summed E-state index contributed by atoms with van der Waals surface area (Å²) in [5.74, 6) is -0.123. The van der Waals surface area contributed by atoms with E-state index in [1.807, 2.05) is 37.3 Å². The Bertz CT molecular complexity index is 247. The van der Waals surface area contributed by atoms with Crippen LogP contribution in [0.3, 0.4) is 0 Å². The maximum Gasteiger partial charge on any atom is 0.305 e. The number of rotatable bonds is 2. The number of esters is 1. The minimum Gasteiger partial charge on any atom is -0.469 e. The fourth-order valence-corrected chi connectivity index (χ4v) is 0.866. The van der Waals surface area contributed by atoms with Crippen molar-refractivity contribution < 1.29 is 9.53 Å². The number of hydrogen-bond donors (Lipinski definition) is 0. The molecule has 0 spiro atoms. The number of methoxy groups -OCH3 is 1. The standard InChI is InChI=1S/C6H5Cl.C5H10O2/c7-6-4-2-1-3-5-6;1-3-4-5(6)7-2/h1-5H;3-4H2,1-2H3. The fourth-order valence-electron chi connectivity index (χ4n) is 0.721. The molecule has 1 rings (SSSR count). The van der Waals surface area contributed by atoms with Crippen molar-refractivity contribution in [1.82, 2.24) is 0 Å². The van der Waals surface area contributed by atoms with Gasteiger partial charge in [-0.05, 0) is 18.6 Å². The minimum absolute atomic E-state index is 0.123. The molecule has 0 heterocycles. The number of carbonyl (C=O) groups is 1. The molecule has 0 N–H and O–H groups in total. The van der Waals surface area contributed by atoms with Gasteiger partial charge in [0.15, 0.2) is 0 Å². The molecule has 1 aromatic rings. The Hall–Kier alpha value is -1.02. The van der Waals surface area contributed by atoms with Gasteiger partial charge in [-0.3, -0.25) is 4.79 Å². The van der Waals surface area contributed by atoms with Crippen molar-refractivity contribution in [2.24, 2.45) is 0 Å². The van der Waals surface area contributed by atoms with Gasteiger partial charge in [-0.25, -0.2) is 0 Å². The average molecular weight is 215 g/mol. The summed E-state index contributed by atoms with van der Waals surface area (Å²) < 4.78 is 4.35. The highest BCUT2D eigenvalue weighted by atomic mass is 35.5. The Labute approximate surface area is 89.8 Å². The largest absolute Gasteiger partial charge is 0.469 e. The Morgan fingerprint density at radius 2 is 1.93 bits per heavy atom. The molecule has 0 unspecified atom stereocenters. The van der Waals surface area contributed by atoms with Crippen LogP contribution in [-0.2, 0) is 9.53 Å². The summed E-state index contributed by atoms with van der Waals surface area (Å²) >= 11 is 5.54. The summed E-state index contributed by atoms with van der Waals surface area (Å²) in [7, 11) is 1.40. The lowest BCUT2D eigenvalue weighted by Gasteiger charge is -1.91. The molecule has 78 valence electrons. The Morgan fingerprint density at radius 3 is 2.14 bits per heavy atom. The Morgan fingerprint density at radius 1 is 1.36 bits per heavy atom. The number of benzene rings is 1. The van der Waals surface area contributed by atoms with Crippen molar-refractivity contribution in [2.75, 3.05) is 7.11 Å². The van der Waals surface area contributed by atoms with E-state index in [0.717, 1.165) is 11.4 Å². The number of ether oxygens (including phenoxy) is 1. The molecule has 2 nitrogen and oxygen atoms in total. The first-order chi connectivity index (χ1) is 6.70. The van der Waals surface area contributed by atoms with Crippen LogP contribution < -0.4 is 0 Å². The molecule has 0 fully saturated rings. The lowest BCUT2D eigenvalue weighted by Crippen LogP contribution is -1.97. The normalized spacial score (nSPS) is 8.50. The third-order valence-corrected chi connectivity index (χ3v) is 1.67. The zero-order valence-corrected chi connectivity index (χ0v) is 9.25. The maximum absolute atomic E-state index is 10.2. The lowest BCUT2D eigenvalue weighted by molar-refractivity contribution is -0.140. The Balaban J connectivity index is 0.000000241. The molecule has 0 saturated heterocycles. The van der Waals surface area contributed by atoms with Crippen LogP contribution in [-0.4, -0.2) is 13.1 Å². The molecule has 1 aromatic carbocycles. The molecular weight excluding hydrogens is 200 g/mol. The highest BCUT2D eigenvalue weighted by Gasteiger charge is 1.92. The monoisotopic (exact) mass is 214 g/mol. The Kier molecular flexibility index (Phi) is 7.95. The van der Waals surface area contributed by atoms with Crippen LogP contribution in [0.15, 0.2) is 30.3 Å². The summed E-state index contributed by atoms with van der Waals surface area (Å²) in [4.78, 5) is 10.2. The van der Waals surface area contributed by atoms with E-state index < -0.39 is 0 Å². The van der Waals surface area contributed by atoms with E-state index in [1.165, 1.54) is 7.11 Å². The quantitative estimate of drug-likeness (QED) is 0.707. The highest BCUT2D eigenvalue weighted by molar-refractivity contribution is 6.30. The van der Waals surface area contributed by atoms with Gasteiger partial charge >= 0.3 is 5.97 Å². The second-order valence-electron chi connectivity index (χ2n) is 2.62. The van der Waals surface area contributed by atoms with E-state index in [2.05, 4.69) is 4.74 Å². The smallest absolute Gasteiger partial charge is 0.305 e. The first-order valence-corrected chi connectivity index (χ1v) is 4.85. The molecule has 0 saturated carbocycles. The topological polar surface area (TPSA) is 26.3 Å². The highest BCUT2D eigenvalue weighted by Crippen LogP contribution is 2.03. The van der Waals surface area contributed by atoms with E-state index in [0.29, 0.717) is 6.42 Å². The molecule has 0 aliphatic heterocycles. The third-order valence-electron chi connectivity index (χ3n) is 1.41. The molecule has 0 aliphatic rings. The maximum atomic E-state index is 10.2. The van der Waals surface area contributed by atoms with Crippen LogP contribution in [0.1, 0.15) is 19.8 Å². The summed E-state index contributed by atoms with van der Waals surface area (Å²) in [6.07, 6.45) is 1.41. The van der Waals surface area contributed by atoms with Crippen molar-refractivity contribution >= 4 is 17.6 Å². The van der Waals surface area contributed by atoms with Gasteiger partial charge in [-0.1, -0.05) is 36.7 Å². The second-order valence-corrected chi connectivity index (χ2v) is 3.06. The van der Waals surface area contributed by atoms with Crippen molar-refractivity contribution in [2.45, 2.75) is 19.8 Å². The predicted octanol–water partition coefficient (Wildman–Crippen LogP) is 3.30. The van der Waals surface area contributed by atoms with E-state index in [4.69, 9.17) is 11.6 Å². The lowest BCUT2D eigenvalue weighted by atomic mass is 10.3. The molecule has 0 atom stereocenters. The summed E-state index contributed by atoms with van der Waals surface area (Å²) in [5, 5.41) is 0.794. The zero-order chi connectivity index (χ0) is 10.8. The van der Waals surface area contributed by atoms with E-state index in [-0.39, 0.29) is 5.97 Å². The van der Waals surface area contributed by atoms with Gasteiger partial charge in [0.05, 0.1) is 7.11 Å². The van der Waals surface area contributed by atoms with Crippen LogP contribution in [0.25, 0.3) is 0 Å². The molecule has 0 amide bonds. The first kappa shape index (κ1) is 13.0. The van der Waals surface area contributed by atoms with Gasteiger partial charge in [0, 0.05) is 11.4 Å². The van der Waals surface area contributed by atoms with Crippen molar-refractivity contribution in [3.05, 3.63) is 35.4 Å². The zero-order valence-electron chi connectivity index (χ0n) is 8.50. The van der Waals surface area contributed by atoms with Crippen molar-refractivity contribution in [3.8, 4) is 0 Å². The molecule has 14 heavy (non-hydrogen) atoms. The molecule has 0 bridgehead atoms. The third kappa shape index (κ3) is 7.62. The van der Waals surface area contributed by atoms with Crippen molar-refractivity contribution in [3.63, 3.8) is 0 Å². The SMILES string of the molecule is CCCC(=O)OC.Clc1ccccc1. The number of hydrogen-bond acceptors (Lipinski definition) is 2. The molecule has 0 radical (unpaired) electrons.